The molecule has 3 saturated carbocycles. The van der Waals surface area contributed by atoms with Crippen molar-refractivity contribution in [2.75, 3.05) is 6.61 Å². The van der Waals surface area contributed by atoms with Crippen LogP contribution in [0, 0.1) is 46.3 Å². The number of hydrogen-bond acceptors (Lipinski definition) is 3. The van der Waals surface area contributed by atoms with Gasteiger partial charge in [0.15, 0.2) is 0 Å². The number of esters is 1. The number of ether oxygens (including phenoxy) is 1. The quantitative estimate of drug-likeness (QED) is 0.342. The second-order valence-corrected chi connectivity index (χ2v) is 12.7. The molecule has 0 unspecified atom stereocenters. The second-order valence-electron chi connectivity index (χ2n) is 12.7. The molecule has 4 aliphatic carbocycles. The van der Waals surface area contributed by atoms with Crippen LogP contribution in [0.4, 0.5) is 0 Å². The Balaban J connectivity index is 1.50. The van der Waals surface area contributed by atoms with E-state index in [2.05, 4.69) is 33.8 Å². The van der Waals surface area contributed by atoms with E-state index in [0.717, 1.165) is 48.9 Å². The number of carbonyl (C=O) groups is 1. The molecule has 0 bridgehead atoms. The molecule has 1 N–H and O–H groups in total. The van der Waals surface area contributed by atoms with Gasteiger partial charge >= 0.3 is 5.97 Å². The lowest BCUT2D eigenvalue weighted by Gasteiger charge is -2.59. The van der Waals surface area contributed by atoms with Crippen LogP contribution in [0.25, 0.3) is 0 Å². The maximum absolute atomic E-state index is 11.5. The maximum atomic E-state index is 11.5. The third-order valence-corrected chi connectivity index (χ3v) is 10.6. The summed E-state index contributed by atoms with van der Waals surface area (Å²) in [7, 11) is 0. The summed E-state index contributed by atoms with van der Waals surface area (Å²) in [5.41, 5.74) is 1.83. The second kappa shape index (κ2) is 9.43. The fourth-order valence-electron chi connectivity index (χ4n) is 9.08. The molecule has 0 aromatic rings. The van der Waals surface area contributed by atoms with Gasteiger partial charge in [-0.15, -0.1) is 0 Å². The zero-order valence-corrected chi connectivity index (χ0v) is 21.4. The Hall–Kier alpha value is -0.830. The van der Waals surface area contributed by atoms with E-state index in [1.807, 2.05) is 0 Å². The minimum absolute atomic E-state index is 0.00591. The maximum Gasteiger partial charge on any atom is 0.302 e. The van der Waals surface area contributed by atoms with Crippen LogP contribution in [0.5, 0.6) is 0 Å². The van der Waals surface area contributed by atoms with E-state index < -0.39 is 0 Å². The molecule has 0 radical (unpaired) electrons. The van der Waals surface area contributed by atoms with Gasteiger partial charge in [-0.05, 0) is 85.9 Å². The topological polar surface area (TPSA) is 46.5 Å². The molecule has 3 fully saturated rings. The van der Waals surface area contributed by atoms with E-state index >= 15 is 0 Å². The molecule has 4 aliphatic rings. The Morgan fingerprint density at radius 1 is 1.12 bits per heavy atom. The Bertz CT molecular complexity index is 711. The number of carbonyl (C=O) groups excluding carboxylic acids is 1. The van der Waals surface area contributed by atoms with Gasteiger partial charge in [0.2, 0.25) is 0 Å². The fourth-order valence-corrected chi connectivity index (χ4v) is 9.08. The van der Waals surface area contributed by atoms with Crippen molar-refractivity contribution in [2.24, 2.45) is 46.3 Å². The van der Waals surface area contributed by atoms with Crippen LogP contribution < -0.4 is 0 Å². The summed E-state index contributed by atoms with van der Waals surface area (Å²) in [6, 6.07) is 0. The molecule has 0 amide bonds. The van der Waals surface area contributed by atoms with Crippen LogP contribution in [-0.4, -0.2) is 23.8 Å². The molecule has 3 nitrogen and oxygen atoms in total. The van der Waals surface area contributed by atoms with E-state index in [9.17, 15) is 9.90 Å². The average Bonchev–Trinajstić information content (AvgIpc) is 3.10. The Morgan fingerprint density at radius 3 is 2.59 bits per heavy atom. The largest absolute Gasteiger partial charge is 0.462 e. The minimum Gasteiger partial charge on any atom is -0.462 e. The van der Waals surface area contributed by atoms with Crippen LogP contribution in [0.15, 0.2) is 11.6 Å². The van der Waals surface area contributed by atoms with E-state index in [4.69, 9.17) is 4.74 Å². The van der Waals surface area contributed by atoms with Gasteiger partial charge < -0.3 is 9.84 Å². The third kappa shape index (κ3) is 4.21. The predicted octanol–water partition coefficient (Wildman–Crippen LogP) is 6.93. The number of aliphatic hydroxyl groups excluding tert-OH is 1. The van der Waals surface area contributed by atoms with E-state index in [0.29, 0.717) is 11.3 Å². The monoisotopic (exact) mass is 444 g/mol. The summed E-state index contributed by atoms with van der Waals surface area (Å²) in [5, 5.41) is 10.7. The van der Waals surface area contributed by atoms with Gasteiger partial charge in [-0.25, -0.2) is 0 Å². The summed E-state index contributed by atoms with van der Waals surface area (Å²) in [5.74, 6) is 4.50. The first kappa shape index (κ1) is 24.3. The summed E-state index contributed by atoms with van der Waals surface area (Å²) in [6.07, 6.45) is 15.9. The highest BCUT2D eigenvalue weighted by Crippen LogP contribution is 2.67. The standard InChI is InChI=1S/C29H48O3/c1-19(2)7-6-8-20(3)25-11-12-26-24-10-9-22-17-23(32-21(4)31)13-16-29(22,18-30)27(24)14-15-28(25,26)5/h9,19-20,23-27,30H,6-8,10-18H2,1-5H3/t20-,23+,24+,25-,26+,27+,28-,29-/m1/s1. The lowest BCUT2D eigenvalue weighted by Crippen LogP contribution is -2.53. The lowest BCUT2D eigenvalue weighted by atomic mass is 9.46. The summed E-state index contributed by atoms with van der Waals surface area (Å²) < 4.78 is 5.58. The summed E-state index contributed by atoms with van der Waals surface area (Å²) in [4.78, 5) is 11.5. The average molecular weight is 445 g/mol. The molecular weight excluding hydrogens is 396 g/mol. The Labute approximate surface area is 196 Å². The van der Waals surface area contributed by atoms with Gasteiger partial charge in [0.25, 0.3) is 0 Å². The molecule has 8 atom stereocenters. The van der Waals surface area contributed by atoms with Crippen LogP contribution >= 0.6 is 0 Å². The molecule has 0 heterocycles. The SMILES string of the molecule is CC(=O)O[C@H]1CC[C@@]2(CO)C(=CC[C@@H]3[C@@H]2CC[C@]2(C)[C@@H]([C@H](C)CCCC(C)C)CC[C@@H]32)C1. The fraction of sp³-hybridized carbons (Fsp3) is 0.897. The smallest absolute Gasteiger partial charge is 0.302 e. The first-order valence-corrected chi connectivity index (χ1v) is 13.7. The van der Waals surface area contributed by atoms with Gasteiger partial charge in [0.1, 0.15) is 6.10 Å². The van der Waals surface area contributed by atoms with E-state index in [1.54, 1.807) is 0 Å². The van der Waals surface area contributed by atoms with Crippen LogP contribution in [0.2, 0.25) is 0 Å². The van der Waals surface area contributed by atoms with Crippen molar-refractivity contribution in [1.82, 2.24) is 0 Å². The van der Waals surface area contributed by atoms with Crippen molar-refractivity contribution in [3.05, 3.63) is 11.6 Å². The van der Waals surface area contributed by atoms with Crippen molar-refractivity contribution >= 4 is 5.97 Å². The van der Waals surface area contributed by atoms with Gasteiger partial charge in [-0.3, -0.25) is 4.79 Å². The molecule has 4 rings (SSSR count). The van der Waals surface area contributed by atoms with Gasteiger partial charge in [-0.1, -0.05) is 58.6 Å². The number of hydrogen-bond donors (Lipinski definition) is 1. The normalized spacial score (nSPS) is 42.0. The van der Waals surface area contributed by atoms with Crippen molar-refractivity contribution in [1.29, 1.82) is 0 Å². The zero-order valence-electron chi connectivity index (χ0n) is 21.4. The van der Waals surface area contributed by atoms with E-state index in [1.165, 1.54) is 63.9 Å². The van der Waals surface area contributed by atoms with Gasteiger partial charge in [-0.2, -0.15) is 0 Å². The van der Waals surface area contributed by atoms with Crippen LogP contribution in [0.1, 0.15) is 105 Å². The number of aliphatic hydroxyl groups is 1. The van der Waals surface area contributed by atoms with Crippen molar-refractivity contribution < 1.29 is 14.6 Å². The molecule has 0 aromatic heterocycles. The number of rotatable bonds is 7. The van der Waals surface area contributed by atoms with Gasteiger partial charge in [0, 0.05) is 18.8 Å². The summed E-state index contributed by atoms with van der Waals surface area (Å²) >= 11 is 0. The first-order chi connectivity index (χ1) is 15.2. The molecule has 0 saturated heterocycles. The predicted molar refractivity (Wildman–Crippen MR) is 130 cm³/mol. The number of fused-ring (bicyclic) bond motifs is 5. The highest BCUT2D eigenvalue weighted by atomic mass is 16.5. The van der Waals surface area contributed by atoms with Gasteiger partial charge in [0.05, 0.1) is 6.61 Å². The summed E-state index contributed by atoms with van der Waals surface area (Å²) in [6.45, 7) is 11.6. The lowest BCUT2D eigenvalue weighted by molar-refractivity contribution is -0.149. The Kier molecular flexibility index (Phi) is 7.16. The van der Waals surface area contributed by atoms with Crippen LogP contribution in [-0.2, 0) is 9.53 Å². The minimum atomic E-state index is -0.172. The molecule has 0 aliphatic heterocycles. The molecule has 182 valence electrons. The molecule has 32 heavy (non-hydrogen) atoms. The molecule has 0 aromatic carbocycles. The molecule has 3 heteroatoms. The van der Waals surface area contributed by atoms with Crippen LogP contribution in [0.3, 0.4) is 0 Å². The molecule has 0 spiro atoms. The van der Waals surface area contributed by atoms with Crippen molar-refractivity contribution in [2.45, 2.75) is 111 Å². The highest BCUT2D eigenvalue weighted by Gasteiger charge is 2.60. The van der Waals surface area contributed by atoms with Crippen molar-refractivity contribution in [3.8, 4) is 0 Å². The first-order valence-electron chi connectivity index (χ1n) is 13.7. The molecular formula is C29H48O3. The van der Waals surface area contributed by atoms with E-state index in [-0.39, 0.29) is 24.1 Å². The zero-order chi connectivity index (χ0) is 23.1. The number of allylic oxidation sites excluding steroid dienone is 1. The Morgan fingerprint density at radius 2 is 1.91 bits per heavy atom. The highest BCUT2D eigenvalue weighted by molar-refractivity contribution is 5.66. The third-order valence-electron chi connectivity index (χ3n) is 10.6. The van der Waals surface area contributed by atoms with Crippen molar-refractivity contribution in [3.63, 3.8) is 0 Å².